The highest BCUT2D eigenvalue weighted by molar-refractivity contribution is 5.48. The van der Waals surface area contributed by atoms with Gasteiger partial charge in [-0.1, -0.05) is 0 Å². The Morgan fingerprint density at radius 2 is 2.13 bits per heavy atom. The maximum absolute atomic E-state index is 9.92. The molecule has 5 nitrogen and oxygen atoms in total. The van der Waals surface area contributed by atoms with Crippen LogP contribution in [0.3, 0.4) is 0 Å². The molecule has 1 aliphatic rings. The lowest BCUT2D eigenvalue weighted by atomic mass is 9.87. The Hall–Kier alpha value is -1.66. The molecule has 0 bridgehead atoms. The fourth-order valence-corrected chi connectivity index (χ4v) is 1.76. The second kappa shape index (κ2) is 6.74. The normalized spacial score (nSPS) is 25.5. The number of carbonyl (C=O) groups excluding carboxylic acids is 1. The number of ether oxygens (including phenoxy) is 1. The van der Waals surface area contributed by atoms with Crippen LogP contribution < -0.4 is 0 Å². The summed E-state index contributed by atoms with van der Waals surface area (Å²) >= 11 is 0. The highest BCUT2D eigenvalue weighted by Gasteiger charge is 2.21. The van der Waals surface area contributed by atoms with E-state index in [2.05, 4.69) is 9.98 Å². The predicted molar refractivity (Wildman–Crippen MR) is 53.9 cm³/mol. The van der Waals surface area contributed by atoms with Gasteiger partial charge in [0.15, 0.2) is 6.40 Å². The first-order chi connectivity index (χ1) is 7.36. The SMILES string of the molecule is N#C/N=C/O[C@H]1CC[C@@H](CN=C=O)CC1. The van der Waals surface area contributed by atoms with Gasteiger partial charge in [-0.25, -0.2) is 9.79 Å². The van der Waals surface area contributed by atoms with Gasteiger partial charge in [0, 0.05) is 0 Å². The van der Waals surface area contributed by atoms with Crippen molar-refractivity contribution in [3.8, 4) is 6.19 Å². The fraction of sp³-hybridized carbons (Fsp3) is 0.700. The van der Waals surface area contributed by atoms with E-state index in [0.29, 0.717) is 12.5 Å². The molecule has 0 unspecified atom stereocenters. The Kier molecular flexibility index (Phi) is 5.13. The van der Waals surface area contributed by atoms with Crippen molar-refractivity contribution in [3.05, 3.63) is 0 Å². The monoisotopic (exact) mass is 207 g/mol. The minimum Gasteiger partial charge on any atom is -0.479 e. The van der Waals surface area contributed by atoms with Gasteiger partial charge in [-0.3, -0.25) is 0 Å². The second-order valence-corrected chi connectivity index (χ2v) is 3.55. The van der Waals surface area contributed by atoms with Crippen molar-refractivity contribution in [1.29, 1.82) is 5.26 Å². The molecule has 0 N–H and O–H groups in total. The molecule has 0 aromatic carbocycles. The van der Waals surface area contributed by atoms with E-state index < -0.39 is 0 Å². The van der Waals surface area contributed by atoms with E-state index >= 15 is 0 Å². The van der Waals surface area contributed by atoms with E-state index in [4.69, 9.17) is 10.00 Å². The van der Waals surface area contributed by atoms with E-state index in [-0.39, 0.29) is 6.10 Å². The van der Waals surface area contributed by atoms with Gasteiger partial charge in [0.05, 0.1) is 12.6 Å². The number of nitriles is 1. The molecule has 1 rings (SSSR count). The first-order valence-electron chi connectivity index (χ1n) is 4.96. The lowest BCUT2D eigenvalue weighted by molar-refractivity contribution is 0.130. The van der Waals surface area contributed by atoms with Gasteiger partial charge < -0.3 is 4.74 Å². The largest absolute Gasteiger partial charge is 0.479 e. The van der Waals surface area contributed by atoms with Gasteiger partial charge in [-0.15, -0.1) is 4.99 Å². The Labute approximate surface area is 88.5 Å². The average molecular weight is 207 g/mol. The molecule has 1 fully saturated rings. The number of aliphatic imine (C=N–C) groups is 2. The zero-order valence-electron chi connectivity index (χ0n) is 8.43. The van der Waals surface area contributed by atoms with Gasteiger partial charge in [-0.05, 0) is 31.6 Å². The van der Waals surface area contributed by atoms with Crippen LogP contribution in [-0.4, -0.2) is 25.1 Å². The molecule has 0 radical (unpaired) electrons. The van der Waals surface area contributed by atoms with Crippen molar-refractivity contribution in [2.75, 3.05) is 6.54 Å². The van der Waals surface area contributed by atoms with Gasteiger partial charge in [0.25, 0.3) is 0 Å². The Balaban J connectivity index is 2.21. The number of hydrogen-bond donors (Lipinski definition) is 0. The van der Waals surface area contributed by atoms with Gasteiger partial charge in [0.2, 0.25) is 12.3 Å². The van der Waals surface area contributed by atoms with E-state index in [9.17, 15) is 4.79 Å². The fourth-order valence-electron chi connectivity index (χ4n) is 1.76. The van der Waals surface area contributed by atoms with Crippen LogP contribution in [0.15, 0.2) is 9.98 Å². The van der Waals surface area contributed by atoms with Crippen LogP contribution >= 0.6 is 0 Å². The number of nitrogens with zero attached hydrogens (tertiary/aromatic N) is 3. The quantitative estimate of drug-likeness (QED) is 0.302. The average Bonchev–Trinajstić information content (AvgIpc) is 2.28. The van der Waals surface area contributed by atoms with Crippen molar-refractivity contribution in [3.63, 3.8) is 0 Å². The molecule has 0 spiro atoms. The molecule has 1 aliphatic carbocycles. The summed E-state index contributed by atoms with van der Waals surface area (Å²) in [7, 11) is 0. The lowest BCUT2D eigenvalue weighted by Gasteiger charge is -2.26. The summed E-state index contributed by atoms with van der Waals surface area (Å²) in [5.74, 6) is 0.471. The summed E-state index contributed by atoms with van der Waals surface area (Å²) in [4.78, 5) is 16.8. The van der Waals surface area contributed by atoms with Crippen molar-refractivity contribution >= 4 is 12.5 Å². The summed E-state index contributed by atoms with van der Waals surface area (Å²) in [6, 6.07) is 0. The Bertz CT molecular complexity index is 294. The second-order valence-electron chi connectivity index (χ2n) is 3.55. The highest BCUT2D eigenvalue weighted by atomic mass is 16.5. The van der Waals surface area contributed by atoms with Crippen LogP contribution in [-0.2, 0) is 9.53 Å². The zero-order valence-corrected chi connectivity index (χ0v) is 8.43. The van der Waals surface area contributed by atoms with Crippen molar-refractivity contribution < 1.29 is 9.53 Å². The summed E-state index contributed by atoms with van der Waals surface area (Å²) in [5.41, 5.74) is 0. The Morgan fingerprint density at radius 1 is 1.40 bits per heavy atom. The standard InChI is InChI=1S/C10H13N3O2/c11-6-13-8-15-10-3-1-9(2-4-10)5-12-7-14/h8-10H,1-5H2/b13-8+/t9-,10+. The van der Waals surface area contributed by atoms with Crippen LogP contribution in [0.5, 0.6) is 0 Å². The third-order valence-electron chi connectivity index (χ3n) is 2.57. The minimum absolute atomic E-state index is 0.151. The highest BCUT2D eigenvalue weighted by Crippen LogP contribution is 2.25. The van der Waals surface area contributed by atoms with Crippen LogP contribution in [0.4, 0.5) is 0 Å². The molecule has 0 aromatic rings. The molecule has 0 saturated heterocycles. The number of hydrogen-bond acceptors (Lipinski definition) is 5. The molecular formula is C10H13N3O2. The van der Waals surface area contributed by atoms with Crippen molar-refractivity contribution in [2.45, 2.75) is 31.8 Å². The smallest absolute Gasteiger partial charge is 0.234 e. The van der Waals surface area contributed by atoms with E-state index in [1.807, 2.05) is 0 Å². The van der Waals surface area contributed by atoms with Crippen LogP contribution in [0, 0.1) is 17.4 Å². The Morgan fingerprint density at radius 3 is 2.73 bits per heavy atom. The third-order valence-corrected chi connectivity index (χ3v) is 2.57. The maximum Gasteiger partial charge on any atom is 0.234 e. The van der Waals surface area contributed by atoms with E-state index in [1.165, 1.54) is 6.40 Å². The van der Waals surface area contributed by atoms with Gasteiger partial charge in [0.1, 0.15) is 0 Å². The number of isocyanates is 1. The molecule has 5 heteroatoms. The van der Waals surface area contributed by atoms with Gasteiger partial charge in [-0.2, -0.15) is 5.26 Å². The molecule has 0 aliphatic heterocycles. The van der Waals surface area contributed by atoms with Gasteiger partial charge >= 0.3 is 0 Å². The lowest BCUT2D eigenvalue weighted by Crippen LogP contribution is -2.22. The molecule has 0 atom stereocenters. The summed E-state index contributed by atoms with van der Waals surface area (Å²) in [6.45, 7) is 0.572. The first kappa shape index (κ1) is 11.4. The van der Waals surface area contributed by atoms with Crippen molar-refractivity contribution in [1.82, 2.24) is 0 Å². The number of rotatable bonds is 4. The molecule has 1 saturated carbocycles. The maximum atomic E-state index is 9.92. The van der Waals surface area contributed by atoms with E-state index in [0.717, 1.165) is 25.7 Å². The molecule has 80 valence electrons. The van der Waals surface area contributed by atoms with Crippen LogP contribution in [0.1, 0.15) is 25.7 Å². The minimum atomic E-state index is 0.151. The molecular weight excluding hydrogens is 194 g/mol. The topological polar surface area (TPSA) is 74.8 Å². The summed E-state index contributed by atoms with van der Waals surface area (Å²) in [5, 5.41) is 8.16. The third kappa shape index (κ3) is 4.39. The molecule has 15 heavy (non-hydrogen) atoms. The molecule has 0 heterocycles. The van der Waals surface area contributed by atoms with Crippen LogP contribution in [0.25, 0.3) is 0 Å². The molecule has 0 amide bonds. The van der Waals surface area contributed by atoms with Crippen molar-refractivity contribution in [2.24, 2.45) is 15.9 Å². The molecule has 0 aromatic heterocycles. The zero-order chi connectivity index (χ0) is 10.9. The summed E-state index contributed by atoms with van der Waals surface area (Å²) in [6.07, 6.45) is 8.39. The first-order valence-corrected chi connectivity index (χ1v) is 4.96. The van der Waals surface area contributed by atoms with E-state index in [1.54, 1.807) is 12.3 Å². The van der Waals surface area contributed by atoms with Crippen LogP contribution in [0.2, 0.25) is 0 Å². The summed E-state index contributed by atoms with van der Waals surface area (Å²) < 4.78 is 5.25. The predicted octanol–water partition coefficient (Wildman–Crippen LogP) is 1.41.